The van der Waals surface area contributed by atoms with Crippen LogP contribution in [-0.2, 0) is 19.3 Å². The van der Waals surface area contributed by atoms with Crippen molar-refractivity contribution >= 4 is 33.0 Å². The molecular weight excluding hydrogens is 456 g/mol. The van der Waals surface area contributed by atoms with Gasteiger partial charge in [0.25, 0.3) is 5.95 Å². The van der Waals surface area contributed by atoms with Crippen LogP contribution in [0.25, 0.3) is 0 Å². The van der Waals surface area contributed by atoms with Crippen LogP contribution in [0, 0.1) is 0 Å². The number of fused-ring (bicyclic) bond motifs is 3. The Morgan fingerprint density at radius 3 is 2.65 bits per heavy atom. The Hall–Kier alpha value is -2.63. The number of aliphatic imine (C=N–C) groups is 2. The molecule has 1 fully saturated rings. The van der Waals surface area contributed by atoms with Gasteiger partial charge in [0.1, 0.15) is 10.4 Å². The van der Waals surface area contributed by atoms with Crippen LogP contribution in [0.3, 0.4) is 0 Å². The number of ether oxygens (including phenoxy) is 2. The molecule has 0 saturated carbocycles. The number of hydrogen-bond donors (Lipinski definition) is 1. The van der Waals surface area contributed by atoms with Crippen molar-refractivity contribution in [2.75, 3.05) is 44.6 Å². The number of anilines is 1. The first-order valence-corrected chi connectivity index (χ1v) is 13.3. The molecule has 0 amide bonds. The zero-order valence-corrected chi connectivity index (χ0v) is 21.1. The monoisotopic (exact) mass is 488 g/mol. The molecule has 10 nitrogen and oxygen atoms in total. The van der Waals surface area contributed by atoms with Crippen LogP contribution >= 0.6 is 0 Å². The van der Waals surface area contributed by atoms with E-state index in [1.54, 1.807) is 13.8 Å². The third kappa shape index (κ3) is 4.77. The lowest BCUT2D eigenvalue weighted by molar-refractivity contribution is 0.0894. The van der Waals surface area contributed by atoms with Crippen LogP contribution in [0.5, 0.6) is 5.75 Å². The smallest absolute Gasteiger partial charge is 0.252 e. The van der Waals surface area contributed by atoms with Crippen molar-refractivity contribution in [3.63, 3.8) is 0 Å². The van der Waals surface area contributed by atoms with E-state index in [0.717, 1.165) is 6.42 Å². The van der Waals surface area contributed by atoms with Crippen molar-refractivity contribution in [1.29, 1.82) is 0 Å². The van der Waals surface area contributed by atoms with E-state index in [2.05, 4.69) is 20.2 Å². The first kappa shape index (κ1) is 24.5. The summed E-state index contributed by atoms with van der Waals surface area (Å²) in [6, 6.07) is 0.0886. The van der Waals surface area contributed by atoms with E-state index in [4.69, 9.17) is 19.5 Å². The second-order valence-electron chi connectivity index (χ2n) is 9.06. The zero-order chi connectivity index (χ0) is 24.5. The molecule has 0 aromatic carbocycles. The Labute approximate surface area is 200 Å². The third-order valence-corrected chi connectivity index (χ3v) is 8.43. The maximum absolute atomic E-state index is 12.8. The molecule has 2 atom stereocenters. The van der Waals surface area contributed by atoms with Gasteiger partial charge in [-0.1, -0.05) is 12.2 Å². The highest BCUT2D eigenvalue weighted by Gasteiger charge is 2.41. The van der Waals surface area contributed by atoms with Crippen LogP contribution in [0.4, 0.5) is 11.8 Å². The first-order valence-electron chi connectivity index (χ1n) is 11.4. The topological polar surface area (TPSA) is 118 Å². The number of allylic oxidation sites excluding steroid dienone is 4. The van der Waals surface area contributed by atoms with Crippen molar-refractivity contribution in [3.05, 3.63) is 30.0 Å². The molecule has 34 heavy (non-hydrogen) atoms. The van der Waals surface area contributed by atoms with Crippen molar-refractivity contribution in [2.45, 2.75) is 44.1 Å². The molecule has 1 N–H and O–H groups in total. The van der Waals surface area contributed by atoms with Crippen LogP contribution in [-0.4, -0.2) is 81.7 Å². The van der Waals surface area contributed by atoms with Crippen molar-refractivity contribution in [2.24, 2.45) is 9.98 Å². The van der Waals surface area contributed by atoms with Crippen LogP contribution in [0.2, 0.25) is 0 Å². The molecule has 2 aliphatic heterocycles. The van der Waals surface area contributed by atoms with Crippen LogP contribution in [0.15, 0.2) is 34.3 Å². The molecule has 1 aromatic rings. The summed E-state index contributed by atoms with van der Waals surface area (Å²) in [6.07, 6.45) is 9.32. The summed E-state index contributed by atoms with van der Waals surface area (Å²) in [4.78, 5) is 20.9. The molecule has 1 aliphatic carbocycles. The highest BCUT2D eigenvalue weighted by molar-refractivity contribution is 7.91. The van der Waals surface area contributed by atoms with E-state index in [1.807, 2.05) is 38.3 Å². The van der Waals surface area contributed by atoms with Gasteiger partial charge in [-0.05, 0) is 40.0 Å². The van der Waals surface area contributed by atoms with E-state index >= 15 is 0 Å². The minimum atomic E-state index is -3.53. The highest BCUT2D eigenvalue weighted by Crippen LogP contribution is 2.43. The maximum atomic E-state index is 12.8. The molecule has 4 rings (SSSR count). The first-order chi connectivity index (χ1) is 16.1. The summed E-state index contributed by atoms with van der Waals surface area (Å²) >= 11 is 0. The summed E-state index contributed by atoms with van der Waals surface area (Å²) in [5, 5.41) is 3.09. The van der Waals surface area contributed by atoms with Gasteiger partial charge < -0.3 is 14.4 Å². The Morgan fingerprint density at radius 2 is 1.94 bits per heavy atom. The van der Waals surface area contributed by atoms with Gasteiger partial charge in [0.05, 0.1) is 43.5 Å². The molecule has 0 radical (unpaired) electrons. The van der Waals surface area contributed by atoms with E-state index in [1.165, 1.54) is 6.26 Å². The van der Waals surface area contributed by atoms with E-state index in [-0.39, 0.29) is 18.2 Å². The largest absolute Gasteiger partial charge is 0.488 e. The fraction of sp³-hybridized carbons (Fsp3) is 0.565. The lowest BCUT2D eigenvalue weighted by Gasteiger charge is -2.35. The molecule has 1 unspecified atom stereocenters. The number of nitrogens with zero attached hydrogens (tertiary/aromatic N) is 5. The molecule has 11 heteroatoms. The lowest BCUT2D eigenvalue weighted by Crippen LogP contribution is -2.45. The third-order valence-electron chi connectivity index (χ3n) is 6.38. The van der Waals surface area contributed by atoms with E-state index in [0.29, 0.717) is 55.1 Å². The van der Waals surface area contributed by atoms with E-state index in [9.17, 15) is 8.42 Å². The van der Waals surface area contributed by atoms with Crippen LogP contribution in [0.1, 0.15) is 32.9 Å². The number of rotatable bonds is 5. The fourth-order valence-electron chi connectivity index (χ4n) is 3.91. The Kier molecular flexibility index (Phi) is 6.88. The van der Waals surface area contributed by atoms with E-state index < -0.39 is 14.6 Å². The summed E-state index contributed by atoms with van der Waals surface area (Å²) in [5.41, 5.74) is 1.59. The predicted octanol–water partition coefficient (Wildman–Crippen LogP) is 1.95. The van der Waals surface area contributed by atoms with Gasteiger partial charge in [-0.2, -0.15) is 4.98 Å². The molecule has 0 bridgehead atoms. The van der Waals surface area contributed by atoms with Gasteiger partial charge in [0, 0.05) is 19.2 Å². The molecule has 3 aliphatic rings. The number of morpholine rings is 1. The van der Waals surface area contributed by atoms with Crippen molar-refractivity contribution < 1.29 is 17.9 Å². The average molecular weight is 489 g/mol. The summed E-state index contributed by atoms with van der Waals surface area (Å²) in [6.45, 7) is 7.39. The molecule has 1 saturated heterocycles. The minimum absolute atomic E-state index is 0.0886. The number of hydrogen-bond acceptors (Lipinski definition) is 10. The Morgan fingerprint density at radius 1 is 1.21 bits per heavy atom. The second-order valence-corrected chi connectivity index (χ2v) is 11.6. The quantitative estimate of drug-likeness (QED) is 0.625. The summed E-state index contributed by atoms with van der Waals surface area (Å²) in [7, 11) is -1.69. The minimum Gasteiger partial charge on any atom is -0.488 e. The van der Waals surface area contributed by atoms with Crippen LogP contribution < -0.4 is 15.0 Å². The van der Waals surface area contributed by atoms with Gasteiger partial charge >= 0.3 is 0 Å². The number of aromatic nitrogens is 2. The summed E-state index contributed by atoms with van der Waals surface area (Å²) in [5.74, 6) is 1.13. The fourth-order valence-corrected chi connectivity index (χ4v) is 4.40. The van der Waals surface area contributed by atoms with Gasteiger partial charge in [0.15, 0.2) is 21.4 Å². The number of sulfone groups is 1. The van der Waals surface area contributed by atoms with Gasteiger partial charge in [-0.15, -0.1) is 0 Å². The molecular formula is C23H32N6O4S. The maximum Gasteiger partial charge on any atom is 0.252 e. The molecule has 1 aromatic heterocycles. The lowest BCUT2D eigenvalue weighted by atomic mass is 10.1. The van der Waals surface area contributed by atoms with Crippen molar-refractivity contribution in [1.82, 2.24) is 15.3 Å². The zero-order valence-electron chi connectivity index (χ0n) is 20.3. The van der Waals surface area contributed by atoms with Gasteiger partial charge in [-0.25, -0.2) is 18.4 Å². The molecule has 3 heterocycles. The highest BCUT2D eigenvalue weighted by atomic mass is 32.2. The Bertz CT molecular complexity index is 1170. The van der Waals surface area contributed by atoms with Gasteiger partial charge in [-0.3, -0.25) is 10.3 Å². The second kappa shape index (κ2) is 9.55. The average Bonchev–Trinajstić information content (AvgIpc) is 2.98. The Balaban J connectivity index is 1.91. The summed E-state index contributed by atoms with van der Waals surface area (Å²) < 4.78 is 36.0. The molecule has 184 valence electrons. The standard InChI is InChI=1S/C23H32N6O4S/c1-15(24-4)25-17-8-6-7-9-18(17)26-22-27-20(23(2,3)34(5,30)31)19-21(28-22)29-11-13-32-14-16(29)10-12-33-19/h6-9,15-16,24H,10-14H2,1-5H3/t15?,16-/m1/s1. The normalized spacial score (nSPS) is 23.9. The predicted molar refractivity (Wildman–Crippen MR) is 133 cm³/mol. The van der Waals surface area contributed by atoms with Crippen molar-refractivity contribution in [3.8, 4) is 5.75 Å². The van der Waals surface area contributed by atoms with Gasteiger partial charge in [0.2, 0.25) is 0 Å². The molecule has 0 spiro atoms. The number of nitrogens with one attached hydrogen (secondary N) is 1. The SMILES string of the molecule is CNC(C)N=C1C=CC=CC1=Nc1nc2c(c(C(C)(C)S(C)(=O)=O)n1)OCC[C@@H]1COCCN21.